The molecule has 4 bridgehead atoms. The van der Waals surface area contributed by atoms with Gasteiger partial charge >= 0.3 is 0 Å². The molecule has 1 aliphatic heterocycles. The van der Waals surface area contributed by atoms with Gasteiger partial charge in [-0.05, 0) is 60.7 Å². The molecule has 1 aromatic rings. The second-order valence-corrected chi connectivity index (χ2v) is 11.1. The number of rotatable bonds is 3. The third-order valence-electron chi connectivity index (χ3n) is 7.17. The highest BCUT2D eigenvalue weighted by molar-refractivity contribution is 7.99. The predicted molar refractivity (Wildman–Crippen MR) is 101 cm³/mol. The largest absolute Gasteiger partial charge is 0.351 e. The van der Waals surface area contributed by atoms with Gasteiger partial charge in [0, 0.05) is 25.0 Å². The molecule has 4 saturated carbocycles. The second kappa shape index (κ2) is 5.37. The van der Waals surface area contributed by atoms with E-state index in [1.807, 2.05) is 0 Å². The molecule has 5 nitrogen and oxygen atoms in total. The summed E-state index contributed by atoms with van der Waals surface area (Å²) in [7, 11) is 0. The van der Waals surface area contributed by atoms with Crippen LogP contribution in [0.25, 0.3) is 0 Å². The van der Waals surface area contributed by atoms with Crippen LogP contribution in [0, 0.1) is 22.2 Å². The van der Waals surface area contributed by atoms with Crippen molar-refractivity contribution in [3.63, 3.8) is 0 Å². The first-order chi connectivity index (χ1) is 12.3. The van der Waals surface area contributed by atoms with E-state index in [4.69, 9.17) is 0 Å². The molecule has 0 spiro atoms. The van der Waals surface area contributed by atoms with Gasteiger partial charge in [-0.25, -0.2) is 4.98 Å². The van der Waals surface area contributed by atoms with Crippen LogP contribution < -0.4 is 10.9 Å². The van der Waals surface area contributed by atoms with Crippen LogP contribution in [-0.2, 0) is 6.54 Å². The van der Waals surface area contributed by atoms with Gasteiger partial charge in [0.05, 0.1) is 0 Å². The van der Waals surface area contributed by atoms with E-state index in [-0.39, 0.29) is 22.4 Å². The van der Waals surface area contributed by atoms with Crippen molar-refractivity contribution in [1.82, 2.24) is 14.9 Å². The summed E-state index contributed by atoms with van der Waals surface area (Å²) in [6, 6.07) is 0. The third-order valence-corrected chi connectivity index (χ3v) is 8.14. The molecule has 4 aliphatic carbocycles. The molecular formula is C20H27N3O2S. The van der Waals surface area contributed by atoms with E-state index in [9.17, 15) is 9.59 Å². The number of thioether (sulfide) groups is 1. The molecule has 0 radical (unpaired) electrons. The summed E-state index contributed by atoms with van der Waals surface area (Å²) in [5.74, 6) is 1.41. The van der Waals surface area contributed by atoms with E-state index in [0.29, 0.717) is 23.9 Å². The number of carbonyl (C=O) groups is 1. The number of fused-ring (bicyclic) bond motifs is 1. The van der Waals surface area contributed by atoms with Crippen molar-refractivity contribution in [1.29, 1.82) is 0 Å². The summed E-state index contributed by atoms with van der Waals surface area (Å²) in [5.41, 5.74) is 1.09. The van der Waals surface area contributed by atoms with Gasteiger partial charge in [0.2, 0.25) is 0 Å². The molecule has 1 aromatic heterocycles. The van der Waals surface area contributed by atoms with Crippen LogP contribution >= 0.6 is 11.8 Å². The maximum atomic E-state index is 12.7. The fourth-order valence-electron chi connectivity index (χ4n) is 7.42. The van der Waals surface area contributed by atoms with Crippen LogP contribution in [0.4, 0.5) is 0 Å². The zero-order valence-corrected chi connectivity index (χ0v) is 16.5. The van der Waals surface area contributed by atoms with Crippen LogP contribution in [0.5, 0.6) is 0 Å². The highest BCUT2D eigenvalue weighted by Gasteiger charge is 2.59. The molecule has 6 heteroatoms. The van der Waals surface area contributed by atoms with E-state index in [1.165, 1.54) is 44.7 Å². The predicted octanol–water partition coefficient (Wildman–Crippen LogP) is 3.08. The van der Waals surface area contributed by atoms with Crippen molar-refractivity contribution in [3.8, 4) is 0 Å². The zero-order valence-electron chi connectivity index (χ0n) is 15.6. The van der Waals surface area contributed by atoms with E-state index in [1.54, 1.807) is 16.3 Å². The lowest BCUT2D eigenvalue weighted by atomic mass is 9.40. The first kappa shape index (κ1) is 16.8. The number of nitrogens with zero attached hydrogens (tertiary/aromatic N) is 2. The Morgan fingerprint density at radius 2 is 2.00 bits per heavy atom. The molecule has 5 aliphatic rings. The highest BCUT2D eigenvalue weighted by Crippen LogP contribution is 2.69. The smallest absolute Gasteiger partial charge is 0.267 e. The van der Waals surface area contributed by atoms with E-state index < -0.39 is 0 Å². The van der Waals surface area contributed by atoms with E-state index in [0.717, 1.165) is 16.8 Å². The van der Waals surface area contributed by atoms with Crippen molar-refractivity contribution in [2.45, 2.75) is 64.1 Å². The average Bonchev–Trinajstić information content (AvgIpc) is 2.99. The van der Waals surface area contributed by atoms with Gasteiger partial charge in [0.25, 0.3) is 11.5 Å². The fraction of sp³-hybridized carbons (Fsp3) is 0.750. The van der Waals surface area contributed by atoms with Crippen molar-refractivity contribution >= 4 is 17.7 Å². The summed E-state index contributed by atoms with van der Waals surface area (Å²) in [6.45, 7) is 6.24. The highest BCUT2D eigenvalue weighted by atomic mass is 32.2. The summed E-state index contributed by atoms with van der Waals surface area (Å²) in [4.78, 5) is 29.6. The van der Waals surface area contributed by atoms with Crippen molar-refractivity contribution in [2.24, 2.45) is 22.2 Å². The maximum absolute atomic E-state index is 12.7. The number of aromatic nitrogens is 2. The molecule has 26 heavy (non-hydrogen) atoms. The van der Waals surface area contributed by atoms with Gasteiger partial charge in [0.15, 0.2) is 5.16 Å². The standard InChI is InChI=1S/C20H27N3O2S/c1-18-5-13-6-19(2,9-18)11-20(7-13,10-18)12-22-15(24)14-8-21-17-23(16(14)25)3-4-26-17/h8,13H,3-7,9-12H2,1-2H3,(H,22,24)/t13?,18-,19+,20?. The molecule has 1 amide bonds. The van der Waals surface area contributed by atoms with E-state index in [2.05, 4.69) is 24.1 Å². The lowest BCUT2D eigenvalue weighted by Gasteiger charge is -2.65. The summed E-state index contributed by atoms with van der Waals surface area (Å²) >= 11 is 1.57. The molecule has 4 atom stereocenters. The monoisotopic (exact) mass is 373 g/mol. The fourth-order valence-corrected chi connectivity index (χ4v) is 8.33. The number of carbonyl (C=O) groups excluding carboxylic acids is 1. The Morgan fingerprint density at radius 1 is 1.27 bits per heavy atom. The molecule has 0 aromatic carbocycles. The average molecular weight is 374 g/mol. The zero-order chi connectivity index (χ0) is 18.2. The van der Waals surface area contributed by atoms with Crippen LogP contribution in [0.3, 0.4) is 0 Å². The van der Waals surface area contributed by atoms with E-state index >= 15 is 0 Å². The second-order valence-electron chi connectivity index (χ2n) is 10.1. The first-order valence-electron chi connectivity index (χ1n) is 9.80. The van der Waals surface area contributed by atoms with Gasteiger partial charge in [-0.2, -0.15) is 0 Å². The normalized spacial score (nSPS) is 39.8. The molecule has 2 unspecified atom stereocenters. The lowest BCUT2D eigenvalue weighted by Crippen LogP contribution is -2.58. The minimum Gasteiger partial charge on any atom is -0.351 e. The van der Waals surface area contributed by atoms with Crippen molar-refractivity contribution in [3.05, 3.63) is 22.1 Å². The molecule has 1 N–H and O–H groups in total. The summed E-state index contributed by atoms with van der Waals surface area (Å²) in [5, 5.41) is 3.85. The molecule has 4 fully saturated rings. The quantitative estimate of drug-likeness (QED) is 0.827. The Bertz CT molecular complexity index is 830. The molecule has 2 heterocycles. The van der Waals surface area contributed by atoms with Gasteiger partial charge in [-0.15, -0.1) is 0 Å². The summed E-state index contributed by atoms with van der Waals surface area (Å²) < 4.78 is 1.63. The van der Waals surface area contributed by atoms with Crippen molar-refractivity contribution < 1.29 is 4.79 Å². The number of hydrogen-bond acceptors (Lipinski definition) is 4. The van der Waals surface area contributed by atoms with Crippen LogP contribution in [0.2, 0.25) is 0 Å². The number of hydrogen-bond donors (Lipinski definition) is 1. The maximum Gasteiger partial charge on any atom is 0.267 e. The molecule has 6 rings (SSSR count). The lowest BCUT2D eigenvalue weighted by molar-refractivity contribution is -0.142. The minimum atomic E-state index is -0.249. The van der Waals surface area contributed by atoms with Gasteiger partial charge < -0.3 is 5.32 Å². The van der Waals surface area contributed by atoms with Crippen LogP contribution in [0.1, 0.15) is 62.7 Å². The Morgan fingerprint density at radius 3 is 2.69 bits per heavy atom. The van der Waals surface area contributed by atoms with Gasteiger partial charge in [0.1, 0.15) is 5.56 Å². The third kappa shape index (κ3) is 2.55. The first-order valence-corrected chi connectivity index (χ1v) is 10.8. The molecule has 140 valence electrons. The SMILES string of the molecule is C[C@]12CC3CC(CNC(=O)c4cnc5n(c4=O)CCS5)(C1)C[C@@](C)(C3)C2. The molecule has 0 saturated heterocycles. The van der Waals surface area contributed by atoms with Crippen molar-refractivity contribution in [2.75, 3.05) is 12.3 Å². The van der Waals surface area contributed by atoms with Crippen LogP contribution in [-0.4, -0.2) is 27.8 Å². The minimum absolute atomic E-state index is 0.193. The van der Waals surface area contributed by atoms with Crippen LogP contribution in [0.15, 0.2) is 16.1 Å². The molecular weight excluding hydrogens is 346 g/mol. The Labute approximate surface area is 158 Å². The van der Waals surface area contributed by atoms with Gasteiger partial charge in [-0.1, -0.05) is 25.6 Å². The number of nitrogens with one attached hydrogen (secondary N) is 1. The summed E-state index contributed by atoms with van der Waals surface area (Å²) in [6.07, 6.45) is 9.16. The number of amides is 1. The Hall–Kier alpha value is -1.30. The topological polar surface area (TPSA) is 64.0 Å². The van der Waals surface area contributed by atoms with Gasteiger partial charge in [-0.3, -0.25) is 14.2 Å². The Balaban J connectivity index is 1.35. The Kier molecular flexibility index (Phi) is 3.48.